The third-order valence-electron chi connectivity index (χ3n) is 8.71. The van der Waals surface area contributed by atoms with Gasteiger partial charge in [-0.1, -0.05) is 199 Å². The molecule has 0 unspecified atom stereocenters. The Morgan fingerprint density at radius 2 is 0.891 bits per heavy atom. The molecule has 0 saturated carbocycles. The highest BCUT2D eigenvalue weighted by molar-refractivity contribution is 6.04. The summed E-state index contributed by atoms with van der Waals surface area (Å²) < 4.78 is 14.0. The minimum Gasteiger partial charge on any atom is -0.462 e. The van der Waals surface area contributed by atoms with Crippen molar-refractivity contribution in [2.75, 3.05) is 13.2 Å². The lowest BCUT2D eigenvalue weighted by Gasteiger charge is -2.04. The van der Waals surface area contributed by atoms with Crippen LogP contribution in [0, 0.1) is 0 Å². The Bertz CT molecular complexity index is 1110. The number of unbranched alkanes of at least 4 members (excludes halogenated alkanes) is 22. The number of hydrogen-bond acceptors (Lipinski definition) is 8. The molecule has 1 heterocycles. The first kappa shape index (κ1) is 53.6. The highest BCUT2D eigenvalue weighted by atomic mass is 16.6. The zero-order valence-electron chi connectivity index (χ0n) is 35.4. The fourth-order valence-corrected chi connectivity index (χ4v) is 5.33. The van der Waals surface area contributed by atoms with E-state index in [0.29, 0.717) is 31.0 Å². The van der Waals surface area contributed by atoms with Crippen LogP contribution in [-0.2, 0) is 40.0 Å². The molecule has 0 radical (unpaired) electrons. The Morgan fingerprint density at radius 3 is 1.22 bits per heavy atom. The quantitative estimate of drug-likeness (QED) is 0.0281. The lowest BCUT2D eigenvalue weighted by atomic mass is 10.1. The van der Waals surface area contributed by atoms with Crippen LogP contribution in [0.4, 0.5) is 0 Å². The Balaban J connectivity index is 0. The van der Waals surface area contributed by atoms with Crippen LogP contribution in [0.2, 0.25) is 0 Å². The third kappa shape index (κ3) is 41.5. The number of ether oxygens (including phenoxy) is 3. The van der Waals surface area contributed by atoms with Crippen molar-refractivity contribution in [3.05, 3.63) is 72.4 Å². The van der Waals surface area contributed by atoms with Crippen LogP contribution < -0.4 is 0 Å². The van der Waals surface area contributed by atoms with Crippen LogP contribution in [0.3, 0.4) is 0 Å². The van der Waals surface area contributed by atoms with Gasteiger partial charge in [-0.2, -0.15) is 0 Å². The first-order valence-corrected chi connectivity index (χ1v) is 21.3. The van der Waals surface area contributed by atoms with E-state index in [1.165, 1.54) is 141 Å². The van der Waals surface area contributed by atoms with Gasteiger partial charge in [-0.05, 0) is 32.3 Å². The van der Waals surface area contributed by atoms with Crippen molar-refractivity contribution < 1.29 is 38.5 Å². The van der Waals surface area contributed by atoms with Crippen LogP contribution in [-0.4, -0.2) is 42.2 Å². The predicted molar refractivity (Wildman–Crippen MR) is 226 cm³/mol. The van der Waals surface area contributed by atoms with Gasteiger partial charge < -0.3 is 19.3 Å². The summed E-state index contributed by atoms with van der Waals surface area (Å²) in [5, 5.41) is 8.61. The van der Waals surface area contributed by atoms with Crippen LogP contribution in [0.15, 0.2) is 66.8 Å². The highest BCUT2D eigenvalue weighted by Gasteiger charge is 2.10. The molecule has 8 nitrogen and oxygen atoms in total. The Hall–Kier alpha value is -3.52. The first-order valence-electron chi connectivity index (χ1n) is 21.3. The Morgan fingerprint density at radius 1 is 0.545 bits per heavy atom. The topological polar surface area (TPSA) is 116 Å². The molecule has 1 aromatic carbocycles. The number of cyclic esters (lactones) is 2. The minimum atomic E-state index is -0.579. The number of benzene rings is 1. The lowest BCUT2D eigenvalue weighted by molar-refractivity contribution is -0.150. The van der Waals surface area contributed by atoms with Crippen LogP contribution in [0.25, 0.3) is 0 Å². The van der Waals surface area contributed by atoms with Crippen LogP contribution in [0.1, 0.15) is 187 Å². The maximum absolute atomic E-state index is 11.1. The monoisotopic (exact) mass is 771 g/mol. The maximum atomic E-state index is 11.1. The number of hydrogen-bond donors (Lipinski definition) is 1. The van der Waals surface area contributed by atoms with E-state index in [1.54, 1.807) is 13.8 Å². The molecule has 314 valence electrons. The van der Waals surface area contributed by atoms with Crippen molar-refractivity contribution in [3.8, 4) is 0 Å². The molecule has 0 amide bonds. The second-order valence-corrected chi connectivity index (χ2v) is 14.3. The number of carbonyl (C=O) groups is 4. The van der Waals surface area contributed by atoms with Crippen molar-refractivity contribution >= 4 is 23.9 Å². The largest absolute Gasteiger partial charge is 0.462 e. The fourth-order valence-electron chi connectivity index (χ4n) is 5.33. The van der Waals surface area contributed by atoms with E-state index >= 15 is 0 Å². The van der Waals surface area contributed by atoms with Gasteiger partial charge in [0, 0.05) is 29.9 Å². The summed E-state index contributed by atoms with van der Waals surface area (Å²) in [5.41, 5.74) is 1.90. The van der Waals surface area contributed by atoms with Gasteiger partial charge in [-0.15, -0.1) is 0 Å². The van der Waals surface area contributed by atoms with Crippen LogP contribution >= 0.6 is 0 Å². The Kier molecular flexibility index (Phi) is 40.6. The molecular formula is C47H78O8. The molecule has 0 aliphatic carbocycles. The summed E-state index contributed by atoms with van der Waals surface area (Å²) in [6, 6.07) is 9.55. The molecule has 0 atom stereocenters. The molecule has 0 fully saturated rings. The molecule has 8 heteroatoms. The average Bonchev–Trinajstić information content (AvgIpc) is 3.57. The summed E-state index contributed by atoms with van der Waals surface area (Å²) in [5.74, 6) is -1.76. The van der Waals surface area contributed by atoms with Gasteiger partial charge in [0.2, 0.25) is 0 Å². The van der Waals surface area contributed by atoms with E-state index in [0.717, 1.165) is 30.6 Å². The Labute approximate surface area is 335 Å². The molecule has 0 aromatic heterocycles. The van der Waals surface area contributed by atoms with Gasteiger partial charge in [-0.3, -0.25) is 0 Å². The summed E-state index contributed by atoms with van der Waals surface area (Å²) in [7, 11) is 0. The van der Waals surface area contributed by atoms with Gasteiger partial charge in [0.15, 0.2) is 0 Å². The normalized spacial score (nSPS) is 11.2. The molecule has 1 aliphatic rings. The zero-order chi connectivity index (χ0) is 41.2. The minimum absolute atomic E-state index is 0.256. The van der Waals surface area contributed by atoms with Gasteiger partial charge in [0.05, 0.1) is 6.61 Å². The molecule has 0 saturated heterocycles. The van der Waals surface area contributed by atoms with Gasteiger partial charge in [-0.25, -0.2) is 19.2 Å². The van der Waals surface area contributed by atoms with Crippen LogP contribution in [0.5, 0.6) is 0 Å². The van der Waals surface area contributed by atoms with Crippen molar-refractivity contribution in [1.82, 2.24) is 0 Å². The van der Waals surface area contributed by atoms with Crippen molar-refractivity contribution in [3.63, 3.8) is 0 Å². The molecular weight excluding hydrogens is 693 g/mol. The smallest absolute Gasteiger partial charge is 0.338 e. The third-order valence-corrected chi connectivity index (χ3v) is 8.71. The molecule has 55 heavy (non-hydrogen) atoms. The van der Waals surface area contributed by atoms with E-state index in [4.69, 9.17) is 14.6 Å². The summed E-state index contributed by atoms with van der Waals surface area (Å²) >= 11 is 0. The van der Waals surface area contributed by atoms with Crippen molar-refractivity contribution in [2.24, 2.45) is 0 Å². The first-order chi connectivity index (χ1) is 26.6. The lowest BCUT2D eigenvalue weighted by Crippen LogP contribution is -2.05. The summed E-state index contributed by atoms with van der Waals surface area (Å²) in [6.07, 6.45) is 34.3. The number of aliphatic hydroxyl groups is 1. The van der Waals surface area contributed by atoms with Gasteiger partial charge >= 0.3 is 23.9 Å². The molecule has 2 rings (SSSR count). The van der Waals surface area contributed by atoms with E-state index < -0.39 is 11.9 Å². The fraction of sp³-hybridized carbons (Fsp3) is 0.660. The molecule has 0 bridgehead atoms. The number of carbonyl (C=O) groups excluding carboxylic acids is 4. The summed E-state index contributed by atoms with van der Waals surface area (Å²) in [6.45, 7) is 16.1. The number of esters is 4. The summed E-state index contributed by atoms with van der Waals surface area (Å²) in [4.78, 5) is 42.0. The number of rotatable bonds is 29. The van der Waals surface area contributed by atoms with Gasteiger partial charge in [0.1, 0.15) is 6.61 Å². The van der Waals surface area contributed by atoms with Crippen molar-refractivity contribution in [2.45, 2.75) is 188 Å². The molecule has 1 aliphatic heterocycles. The van der Waals surface area contributed by atoms with E-state index in [-0.39, 0.29) is 11.9 Å². The zero-order valence-corrected chi connectivity index (χ0v) is 35.4. The standard InChI is InChI=1S/C18H34O2.C14H30O.C11H12O2.C4H2O3/c1-4-5-6-7-8-9-10-11-12-13-14-15-16-20-18(19)17(2)3;1-2-3-4-5-6-7-8-9-10-11-12-13-14-15;1-9(2)11(12)13-8-10-6-4-3-5-7-10;5-3-1-2-4(6)7-3/h2,4-16H2,1,3H3;15H,2-14H2,1H3;3-7H,1,8H2,2H3;1-2H. The van der Waals surface area contributed by atoms with Crippen molar-refractivity contribution in [1.29, 1.82) is 0 Å². The second-order valence-electron chi connectivity index (χ2n) is 14.3. The van der Waals surface area contributed by atoms with E-state index in [1.807, 2.05) is 30.3 Å². The van der Waals surface area contributed by atoms with E-state index in [2.05, 4.69) is 31.7 Å². The molecule has 1 N–H and O–H groups in total. The number of aliphatic hydroxyl groups excluding tert-OH is 1. The molecule has 1 aromatic rings. The predicted octanol–water partition coefficient (Wildman–Crippen LogP) is 12.4. The molecule has 0 spiro atoms. The van der Waals surface area contributed by atoms with Gasteiger partial charge in [0.25, 0.3) is 0 Å². The maximum Gasteiger partial charge on any atom is 0.338 e. The van der Waals surface area contributed by atoms with E-state index in [9.17, 15) is 19.2 Å². The average molecular weight is 771 g/mol. The SMILES string of the molecule is C=C(C)C(=O)OCCCCCCCCCCCCCC.C=C(C)C(=O)OCc1ccccc1.CCCCCCCCCCCCCCO.O=C1C=CC(=O)O1. The second kappa shape index (κ2) is 41.6. The highest BCUT2D eigenvalue weighted by Crippen LogP contribution is 2.13.